The first-order valence-electron chi connectivity index (χ1n) is 25.1. The summed E-state index contributed by atoms with van der Waals surface area (Å²) in [4.78, 5) is 15.0. The minimum atomic E-state index is -0.0261. The highest BCUT2D eigenvalue weighted by Gasteiger charge is 2.12. The summed E-state index contributed by atoms with van der Waals surface area (Å²) in [7, 11) is 0. The zero-order valence-electron chi connectivity index (χ0n) is 38.3. The zero-order chi connectivity index (χ0) is 40.4. The lowest BCUT2D eigenvalue weighted by atomic mass is 10.0. The predicted octanol–water partition coefficient (Wildman–Crippen LogP) is 15.4. The number of hydrogen-bond donors (Lipinski definition) is 0. The van der Waals surface area contributed by atoms with Crippen LogP contribution < -0.4 is 0 Å². The molecule has 0 N–H and O–H groups in total. The summed E-state index contributed by atoms with van der Waals surface area (Å²) in [6, 6.07) is 0. The van der Waals surface area contributed by atoms with Crippen molar-refractivity contribution in [2.45, 2.75) is 252 Å². The molecule has 0 spiro atoms. The van der Waals surface area contributed by atoms with Gasteiger partial charge in [0.25, 0.3) is 0 Å². The molecule has 0 aliphatic carbocycles. The number of esters is 1. The van der Waals surface area contributed by atoms with Crippen LogP contribution in [0.4, 0.5) is 0 Å². The van der Waals surface area contributed by atoms with Crippen molar-refractivity contribution in [3.05, 3.63) is 23.3 Å². The number of ether oxygens (including phenoxy) is 3. The molecule has 0 radical (unpaired) electrons. The van der Waals surface area contributed by atoms with Gasteiger partial charge in [0, 0.05) is 19.6 Å². The molecule has 1 fully saturated rings. The number of carbonyl (C=O) groups is 1. The van der Waals surface area contributed by atoms with E-state index in [-0.39, 0.29) is 5.97 Å². The van der Waals surface area contributed by atoms with Gasteiger partial charge in [-0.05, 0) is 128 Å². The largest absolute Gasteiger partial charge is 0.461 e. The Labute approximate surface area is 350 Å². The standard InChI is InChI=1S/C51H97NO4/c1-5-9-20-32-48(33-21-10-6-2)39-46-54-44-30-19-14-13-16-24-36-50(55-45-31-29-43-52-41-27-28-42-52)37-25-17-15-18-26-38-51(53)56-47-40-49(34-22-11-7-3)35-23-12-8-4/h39-40,50H,5-38,41-47H2,1-4H3. The summed E-state index contributed by atoms with van der Waals surface area (Å²) < 4.78 is 18.2. The van der Waals surface area contributed by atoms with E-state index in [1.165, 1.54) is 211 Å². The summed E-state index contributed by atoms with van der Waals surface area (Å²) in [5.74, 6) is -0.0261. The first-order valence-corrected chi connectivity index (χ1v) is 25.1. The summed E-state index contributed by atoms with van der Waals surface area (Å²) in [6.45, 7) is 16.0. The maximum absolute atomic E-state index is 12.4. The third-order valence-corrected chi connectivity index (χ3v) is 11.9. The monoisotopic (exact) mass is 788 g/mol. The van der Waals surface area contributed by atoms with Crippen molar-refractivity contribution in [3.63, 3.8) is 0 Å². The second-order valence-corrected chi connectivity index (χ2v) is 17.3. The molecule has 0 saturated carbocycles. The number of carbonyl (C=O) groups excluding carboxylic acids is 1. The van der Waals surface area contributed by atoms with Crippen molar-refractivity contribution in [1.82, 2.24) is 4.90 Å². The highest BCUT2D eigenvalue weighted by atomic mass is 16.5. The predicted molar refractivity (Wildman–Crippen MR) is 244 cm³/mol. The molecule has 330 valence electrons. The van der Waals surface area contributed by atoms with E-state index in [1.807, 2.05) is 0 Å². The van der Waals surface area contributed by atoms with Crippen LogP contribution in [0.1, 0.15) is 246 Å². The highest BCUT2D eigenvalue weighted by Crippen LogP contribution is 2.20. The summed E-state index contributed by atoms with van der Waals surface area (Å²) in [6.07, 6.45) is 47.0. The maximum atomic E-state index is 12.4. The molecule has 1 aliphatic rings. The molecule has 0 amide bonds. The fraction of sp³-hybridized carbons (Fsp3) is 0.902. The number of hydrogen-bond acceptors (Lipinski definition) is 5. The molecule has 1 saturated heterocycles. The van der Waals surface area contributed by atoms with Gasteiger partial charge >= 0.3 is 5.97 Å². The van der Waals surface area contributed by atoms with Crippen molar-refractivity contribution in [2.24, 2.45) is 0 Å². The minimum absolute atomic E-state index is 0.0261. The van der Waals surface area contributed by atoms with Gasteiger partial charge in [0.1, 0.15) is 6.61 Å². The topological polar surface area (TPSA) is 48.0 Å². The summed E-state index contributed by atoms with van der Waals surface area (Å²) in [5, 5.41) is 0. The van der Waals surface area contributed by atoms with E-state index in [9.17, 15) is 4.79 Å². The molecule has 1 atom stereocenters. The average Bonchev–Trinajstić information content (AvgIpc) is 3.72. The van der Waals surface area contributed by atoms with E-state index in [0.29, 0.717) is 19.1 Å². The van der Waals surface area contributed by atoms with Gasteiger partial charge in [-0.3, -0.25) is 4.79 Å². The van der Waals surface area contributed by atoms with Crippen LogP contribution in [0.2, 0.25) is 0 Å². The molecule has 0 bridgehead atoms. The quantitative estimate of drug-likeness (QED) is 0.0350. The normalized spacial score (nSPS) is 13.6. The Hall–Kier alpha value is -1.17. The molecule has 0 aromatic carbocycles. The maximum Gasteiger partial charge on any atom is 0.306 e. The van der Waals surface area contributed by atoms with Crippen LogP contribution in [0.15, 0.2) is 23.3 Å². The van der Waals surface area contributed by atoms with E-state index >= 15 is 0 Å². The lowest BCUT2D eigenvalue weighted by molar-refractivity contribution is -0.142. The summed E-state index contributed by atoms with van der Waals surface area (Å²) >= 11 is 0. The molecular formula is C51H97NO4. The van der Waals surface area contributed by atoms with Crippen LogP contribution in [0.3, 0.4) is 0 Å². The van der Waals surface area contributed by atoms with E-state index in [2.05, 4.69) is 44.7 Å². The molecule has 0 aromatic heterocycles. The smallest absolute Gasteiger partial charge is 0.306 e. The third-order valence-electron chi connectivity index (χ3n) is 11.9. The first kappa shape index (κ1) is 52.8. The fourth-order valence-corrected chi connectivity index (χ4v) is 8.11. The first-order chi connectivity index (χ1) is 27.6. The molecular weight excluding hydrogens is 691 g/mol. The Morgan fingerprint density at radius 2 is 0.946 bits per heavy atom. The lowest BCUT2D eigenvalue weighted by Crippen LogP contribution is -2.21. The van der Waals surface area contributed by atoms with Crippen LogP contribution in [0.5, 0.6) is 0 Å². The van der Waals surface area contributed by atoms with Crippen molar-refractivity contribution < 1.29 is 19.0 Å². The molecule has 5 heteroatoms. The van der Waals surface area contributed by atoms with E-state index in [1.54, 1.807) is 5.57 Å². The van der Waals surface area contributed by atoms with E-state index in [4.69, 9.17) is 14.2 Å². The van der Waals surface area contributed by atoms with Crippen molar-refractivity contribution >= 4 is 5.97 Å². The van der Waals surface area contributed by atoms with Crippen molar-refractivity contribution in [2.75, 3.05) is 46.1 Å². The van der Waals surface area contributed by atoms with Gasteiger partial charge in [-0.25, -0.2) is 0 Å². The average molecular weight is 788 g/mol. The minimum Gasteiger partial charge on any atom is -0.461 e. The van der Waals surface area contributed by atoms with Crippen LogP contribution in [-0.4, -0.2) is 63.0 Å². The van der Waals surface area contributed by atoms with Gasteiger partial charge in [-0.1, -0.05) is 154 Å². The molecule has 5 nitrogen and oxygen atoms in total. The van der Waals surface area contributed by atoms with Gasteiger partial charge < -0.3 is 19.1 Å². The second-order valence-electron chi connectivity index (χ2n) is 17.3. The van der Waals surface area contributed by atoms with Crippen LogP contribution in [0.25, 0.3) is 0 Å². The highest BCUT2D eigenvalue weighted by molar-refractivity contribution is 5.69. The number of rotatable bonds is 43. The Balaban J connectivity index is 2.25. The van der Waals surface area contributed by atoms with Crippen molar-refractivity contribution in [1.29, 1.82) is 0 Å². The molecule has 0 aromatic rings. The van der Waals surface area contributed by atoms with Gasteiger partial charge in [0.05, 0.1) is 12.7 Å². The number of allylic oxidation sites excluding steroid dienone is 2. The van der Waals surface area contributed by atoms with Gasteiger partial charge in [-0.2, -0.15) is 0 Å². The number of nitrogens with zero attached hydrogens (tertiary/aromatic N) is 1. The Kier molecular flexibility index (Phi) is 39.6. The number of unbranched alkanes of at least 4 members (excludes halogenated alkanes) is 18. The Morgan fingerprint density at radius 1 is 0.500 bits per heavy atom. The van der Waals surface area contributed by atoms with Crippen LogP contribution in [0, 0.1) is 0 Å². The molecule has 1 aliphatic heterocycles. The van der Waals surface area contributed by atoms with Crippen LogP contribution >= 0.6 is 0 Å². The molecule has 56 heavy (non-hydrogen) atoms. The second kappa shape index (κ2) is 42.0. The zero-order valence-corrected chi connectivity index (χ0v) is 38.3. The molecule has 1 rings (SSSR count). The van der Waals surface area contributed by atoms with Gasteiger partial charge in [0.15, 0.2) is 0 Å². The third kappa shape index (κ3) is 34.8. The fourth-order valence-electron chi connectivity index (χ4n) is 8.11. The Bertz CT molecular complexity index is 870. The van der Waals surface area contributed by atoms with Gasteiger partial charge in [-0.15, -0.1) is 0 Å². The Morgan fingerprint density at radius 3 is 1.48 bits per heavy atom. The number of likely N-dealkylation sites (tertiary alicyclic amines) is 1. The van der Waals surface area contributed by atoms with Crippen LogP contribution in [-0.2, 0) is 19.0 Å². The molecule has 1 heterocycles. The molecule has 1 unspecified atom stereocenters. The van der Waals surface area contributed by atoms with Gasteiger partial charge in [0.2, 0.25) is 0 Å². The van der Waals surface area contributed by atoms with E-state index < -0.39 is 0 Å². The summed E-state index contributed by atoms with van der Waals surface area (Å²) in [5.41, 5.74) is 3.12. The van der Waals surface area contributed by atoms with Crippen molar-refractivity contribution in [3.8, 4) is 0 Å². The lowest BCUT2D eigenvalue weighted by Gasteiger charge is -2.19. The SMILES string of the molecule is CCCCCC(=CCOCCCCCCCCC(CCCCCCCC(=O)OCC=C(CCCCC)CCCCC)OCCCCN1CCCC1)CCCCC. The van der Waals surface area contributed by atoms with E-state index in [0.717, 1.165) is 45.5 Å².